The third-order valence-electron chi connectivity index (χ3n) is 3.22. The first-order chi connectivity index (χ1) is 8.83. The van der Waals surface area contributed by atoms with Crippen molar-refractivity contribution in [1.82, 2.24) is 9.88 Å². The van der Waals surface area contributed by atoms with Crippen molar-refractivity contribution in [1.29, 1.82) is 0 Å². The molecule has 3 nitrogen and oxygen atoms in total. The lowest BCUT2D eigenvalue weighted by molar-refractivity contribution is 0.143. The van der Waals surface area contributed by atoms with Crippen LogP contribution in [0.15, 0.2) is 5.38 Å². The van der Waals surface area contributed by atoms with Gasteiger partial charge in [-0.1, -0.05) is 0 Å². The number of methoxy groups -OCH3 is 1. The van der Waals surface area contributed by atoms with Crippen molar-refractivity contribution in [2.75, 3.05) is 26.8 Å². The summed E-state index contributed by atoms with van der Waals surface area (Å²) in [5.74, 6) is 0.526. The van der Waals surface area contributed by atoms with Gasteiger partial charge in [-0.05, 0) is 25.8 Å². The van der Waals surface area contributed by atoms with Crippen molar-refractivity contribution < 1.29 is 4.74 Å². The summed E-state index contributed by atoms with van der Waals surface area (Å²) in [6, 6.07) is 0.815. The minimum Gasteiger partial charge on any atom is -0.383 e. The monoisotopic (exact) mass is 288 g/mol. The molecule has 1 saturated carbocycles. The van der Waals surface area contributed by atoms with Gasteiger partial charge in [-0.3, -0.25) is 4.90 Å². The lowest BCUT2D eigenvalue weighted by Gasteiger charge is -2.21. The fourth-order valence-corrected chi connectivity index (χ4v) is 3.15. The second kappa shape index (κ2) is 7.43. The maximum absolute atomic E-state index is 5.75. The number of halogens is 1. The SMILES string of the molecule is COCCN(CCCc1nc(CCl)cs1)C1CC1. The van der Waals surface area contributed by atoms with Crippen LogP contribution in [0.1, 0.15) is 30.0 Å². The lowest BCUT2D eigenvalue weighted by Crippen LogP contribution is -2.30. The van der Waals surface area contributed by atoms with Crippen molar-refractivity contribution in [3.8, 4) is 0 Å². The van der Waals surface area contributed by atoms with E-state index in [9.17, 15) is 0 Å². The summed E-state index contributed by atoms with van der Waals surface area (Å²) in [5, 5.41) is 3.28. The molecule has 0 radical (unpaired) electrons. The fourth-order valence-electron chi connectivity index (χ4n) is 2.08. The molecule has 0 amide bonds. The molecule has 0 spiro atoms. The van der Waals surface area contributed by atoms with Gasteiger partial charge in [0.2, 0.25) is 0 Å². The summed E-state index contributed by atoms with van der Waals surface area (Å²) in [4.78, 5) is 7.05. The van der Waals surface area contributed by atoms with Gasteiger partial charge in [0.1, 0.15) is 0 Å². The van der Waals surface area contributed by atoms with Crippen LogP contribution in [0.2, 0.25) is 0 Å². The zero-order valence-electron chi connectivity index (χ0n) is 10.9. The van der Waals surface area contributed by atoms with Crippen LogP contribution in [0.25, 0.3) is 0 Å². The molecule has 0 saturated heterocycles. The second-order valence-corrected chi connectivity index (χ2v) is 5.94. The van der Waals surface area contributed by atoms with Crippen LogP contribution in [-0.4, -0.2) is 42.7 Å². The predicted molar refractivity (Wildman–Crippen MR) is 76.5 cm³/mol. The van der Waals surface area contributed by atoms with Gasteiger partial charge in [0.15, 0.2) is 0 Å². The van der Waals surface area contributed by atoms with Gasteiger partial charge < -0.3 is 4.74 Å². The smallest absolute Gasteiger partial charge is 0.0929 e. The van der Waals surface area contributed by atoms with E-state index < -0.39 is 0 Å². The predicted octanol–water partition coefficient (Wildman–Crippen LogP) is 2.93. The largest absolute Gasteiger partial charge is 0.383 e. The first-order valence-corrected chi connectivity index (χ1v) is 7.97. The summed E-state index contributed by atoms with van der Waals surface area (Å²) in [6.45, 7) is 3.06. The first-order valence-electron chi connectivity index (χ1n) is 6.55. The topological polar surface area (TPSA) is 25.4 Å². The highest BCUT2D eigenvalue weighted by Crippen LogP contribution is 2.26. The van der Waals surface area contributed by atoms with Gasteiger partial charge in [0.25, 0.3) is 0 Å². The van der Waals surface area contributed by atoms with Crippen molar-refractivity contribution in [2.24, 2.45) is 0 Å². The third kappa shape index (κ3) is 4.50. The van der Waals surface area contributed by atoms with Crippen molar-refractivity contribution in [3.05, 3.63) is 16.1 Å². The number of hydrogen-bond donors (Lipinski definition) is 0. The standard InChI is InChI=1S/C13H21ClN2OS/c1-17-8-7-16(12-4-5-12)6-2-3-13-15-11(9-14)10-18-13/h10,12H,2-9H2,1H3. The second-order valence-electron chi connectivity index (χ2n) is 4.73. The number of nitrogens with zero attached hydrogens (tertiary/aromatic N) is 2. The minimum atomic E-state index is 0.526. The van der Waals surface area contributed by atoms with Crippen LogP contribution < -0.4 is 0 Å². The highest BCUT2D eigenvalue weighted by atomic mass is 35.5. The van der Waals surface area contributed by atoms with E-state index in [0.29, 0.717) is 5.88 Å². The first kappa shape index (κ1) is 14.3. The summed E-state index contributed by atoms with van der Waals surface area (Å²) in [5.41, 5.74) is 1.01. The molecule has 1 aromatic heterocycles. The van der Waals surface area contributed by atoms with Gasteiger partial charge in [0, 0.05) is 31.5 Å². The number of alkyl halides is 1. The van der Waals surface area contributed by atoms with Gasteiger partial charge in [-0.25, -0.2) is 4.98 Å². The maximum Gasteiger partial charge on any atom is 0.0929 e. The molecule has 5 heteroatoms. The Bertz CT molecular complexity index is 355. The molecule has 1 aliphatic rings. The van der Waals surface area contributed by atoms with Crippen LogP contribution >= 0.6 is 22.9 Å². The van der Waals surface area contributed by atoms with Gasteiger partial charge in [-0.2, -0.15) is 0 Å². The van der Waals surface area contributed by atoms with E-state index in [0.717, 1.165) is 37.9 Å². The Hall–Kier alpha value is -0.160. The molecule has 0 N–H and O–H groups in total. The van der Waals surface area contributed by atoms with Crippen LogP contribution in [-0.2, 0) is 17.0 Å². The average molecular weight is 289 g/mol. The van der Waals surface area contributed by atoms with E-state index in [1.165, 1.54) is 24.3 Å². The molecule has 1 aliphatic carbocycles. The molecule has 1 aromatic rings. The Kier molecular flexibility index (Phi) is 5.89. The molecule has 0 atom stereocenters. The van der Waals surface area contributed by atoms with Crippen LogP contribution in [0.4, 0.5) is 0 Å². The minimum absolute atomic E-state index is 0.526. The Morgan fingerprint density at radius 3 is 2.94 bits per heavy atom. The van der Waals surface area contributed by atoms with Gasteiger partial charge in [0.05, 0.1) is 23.2 Å². The maximum atomic E-state index is 5.75. The lowest BCUT2D eigenvalue weighted by atomic mass is 10.3. The average Bonchev–Trinajstić information content (AvgIpc) is 3.13. The Morgan fingerprint density at radius 1 is 1.50 bits per heavy atom. The van der Waals surface area contributed by atoms with E-state index in [1.54, 1.807) is 18.4 Å². The number of aryl methyl sites for hydroxylation is 1. The fraction of sp³-hybridized carbons (Fsp3) is 0.769. The highest BCUT2D eigenvalue weighted by molar-refractivity contribution is 7.09. The number of hydrogen-bond acceptors (Lipinski definition) is 4. The zero-order valence-corrected chi connectivity index (χ0v) is 12.5. The van der Waals surface area contributed by atoms with E-state index in [4.69, 9.17) is 16.3 Å². The number of rotatable bonds is 9. The van der Waals surface area contributed by atoms with E-state index in [2.05, 4.69) is 15.3 Å². The van der Waals surface area contributed by atoms with E-state index >= 15 is 0 Å². The molecular weight excluding hydrogens is 268 g/mol. The summed E-state index contributed by atoms with van der Waals surface area (Å²) in [7, 11) is 1.77. The zero-order chi connectivity index (χ0) is 12.8. The molecule has 0 aliphatic heterocycles. The molecule has 2 rings (SSSR count). The molecule has 18 heavy (non-hydrogen) atoms. The number of aromatic nitrogens is 1. The molecule has 0 bridgehead atoms. The highest BCUT2D eigenvalue weighted by Gasteiger charge is 2.27. The molecule has 0 unspecified atom stereocenters. The van der Waals surface area contributed by atoms with Crippen molar-refractivity contribution in [3.63, 3.8) is 0 Å². The Balaban J connectivity index is 1.69. The molecule has 102 valence electrons. The van der Waals surface area contributed by atoms with Crippen LogP contribution in [0.3, 0.4) is 0 Å². The van der Waals surface area contributed by atoms with Crippen LogP contribution in [0, 0.1) is 0 Å². The number of ether oxygens (including phenoxy) is 1. The quantitative estimate of drug-likeness (QED) is 0.653. The molecule has 1 heterocycles. The van der Waals surface area contributed by atoms with Crippen molar-refractivity contribution in [2.45, 2.75) is 37.6 Å². The Labute approximate surface area is 118 Å². The normalized spacial score (nSPS) is 15.5. The Morgan fingerprint density at radius 2 is 2.33 bits per heavy atom. The summed E-state index contributed by atoms with van der Waals surface area (Å²) in [6.07, 6.45) is 4.96. The van der Waals surface area contributed by atoms with Crippen LogP contribution in [0.5, 0.6) is 0 Å². The third-order valence-corrected chi connectivity index (χ3v) is 4.45. The molecule has 0 aromatic carbocycles. The van der Waals surface area contributed by atoms with Crippen molar-refractivity contribution >= 4 is 22.9 Å². The molecule has 1 fully saturated rings. The van der Waals surface area contributed by atoms with Gasteiger partial charge in [-0.15, -0.1) is 22.9 Å². The molecular formula is C13H21ClN2OS. The van der Waals surface area contributed by atoms with E-state index in [-0.39, 0.29) is 0 Å². The summed E-state index contributed by atoms with van der Waals surface area (Å²) < 4.78 is 5.17. The summed E-state index contributed by atoms with van der Waals surface area (Å²) >= 11 is 7.48. The van der Waals surface area contributed by atoms with E-state index in [1.807, 2.05) is 0 Å². The number of thiazole rings is 1. The van der Waals surface area contributed by atoms with Gasteiger partial charge >= 0.3 is 0 Å².